The third kappa shape index (κ3) is 4.28. The molecule has 28 heavy (non-hydrogen) atoms. The van der Waals surface area contributed by atoms with Crippen molar-refractivity contribution in [3.63, 3.8) is 0 Å². The van der Waals surface area contributed by atoms with Crippen molar-refractivity contribution in [1.82, 2.24) is 14.9 Å². The number of hydrogen-bond acceptors (Lipinski definition) is 7. The number of amides is 1. The Morgan fingerprint density at radius 3 is 3.00 bits per heavy atom. The molecule has 0 bridgehead atoms. The van der Waals surface area contributed by atoms with Gasteiger partial charge in [0.05, 0.1) is 17.7 Å². The number of carbonyl (C=O) groups is 1. The number of aromatic nitrogens is 2. The zero-order chi connectivity index (χ0) is 20.3. The molecule has 0 saturated carbocycles. The predicted molar refractivity (Wildman–Crippen MR) is 99.2 cm³/mol. The van der Waals surface area contributed by atoms with Crippen LogP contribution in [0.15, 0.2) is 24.4 Å². The highest BCUT2D eigenvalue weighted by Gasteiger charge is 2.28. The summed E-state index contributed by atoms with van der Waals surface area (Å²) >= 11 is 5.96. The molecule has 1 amide bonds. The number of benzene rings is 1. The van der Waals surface area contributed by atoms with Crippen molar-refractivity contribution in [2.45, 2.75) is 19.4 Å². The number of nitro benzene ring substituents is 1. The van der Waals surface area contributed by atoms with Crippen molar-refractivity contribution in [1.29, 1.82) is 0 Å². The van der Waals surface area contributed by atoms with Crippen LogP contribution >= 0.6 is 11.6 Å². The summed E-state index contributed by atoms with van der Waals surface area (Å²) in [5, 5.41) is 14.1. The van der Waals surface area contributed by atoms with E-state index in [2.05, 4.69) is 15.3 Å². The molecule has 1 fully saturated rings. The SMILES string of the molecule is CCOc1nc(N[C@@H]2CCN(C(=O)c3ccc([N+](=O)[O-])c(F)c3)C2)ncc1Cl. The molecule has 1 saturated heterocycles. The van der Waals surface area contributed by atoms with E-state index in [0.29, 0.717) is 37.1 Å². The van der Waals surface area contributed by atoms with Gasteiger partial charge in [-0.05, 0) is 25.5 Å². The fourth-order valence-corrected chi connectivity index (χ4v) is 3.02. The van der Waals surface area contributed by atoms with Gasteiger partial charge in [-0.1, -0.05) is 11.6 Å². The van der Waals surface area contributed by atoms with Crippen molar-refractivity contribution in [3.8, 4) is 5.88 Å². The van der Waals surface area contributed by atoms with E-state index in [1.807, 2.05) is 6.92 Å². The van der Waals surface area contributed by atoms with Crippen LogP contribution in [-0.4, -0.2) is 51.4 Å². The molecule has 1 N–H and O–H groups in total. The van der Waals surface area contributed by atoms with Gasteiger partial charge in [-0.25, -0.2) is 4.98 Å². The van der Waals surface area contributed by atoms with Crippen LogP contribution in [0.25, 0.3) is 0 Å². The topological polar surface area (TPSA) is 110 Å². The number of anilines is 1. The average Bonchev–Trinajstić information content (AvgIpc) is 3.12. The lowest BCUT2D eigenvalue weighted by Crippen LogP contribution is -2.32. The van der Waals surface area contributed by atoms with Crippen LogP contribution in [0.1, 0.15) is 23.7 Å². The third-order valence-electron chi connectivity index (χ3n) is 4.19. The van der Waals surface area contributed by atoms with Crippen molar-refractivity contribution in [3.05, 3.63) is 50.9 Å². The van der Waals surface area contributed by atoms with E-state index in [-0.39, 0.29) is 17.5 Å². The van der Waals surface area contributed by atoms with Crippen LogP contribution in [-0.2, 0) is 0 Å². The molecule has 2 aromatic rings. The number of nitrogens with one attached hydrogen (secondary N) is 1. The van der Waals surface area contributed by atoms with Gasteiger partial charge < -0.3 is 15.0 Å². The number of likely N-dealkylation sites (tertiary alicyclic amines) is 1. The Labute approximate surface area is 164 Å². The number of rotatable bonds is 6. The van der Waals surface area contributed by atoms with E-state index in [9.17, 15) is 19.3 Å². The normalized spacial score (nSPS) is 16.1. The first-order valence-electron chi connectivity index (χ1n) is 8.54. The number of ether oxygens (including phenoxy) is 1. The second-order valence-corrected chi connectivity index (χ2v) is 6.49. The summed E-state index contributed by atoms with van der Waals surface area (Å²) in [5.74, 6) is -0.838. The Hall–Kier alpha value is -3.01. The first-order valence-corrected chi connectivity index (χ1v) is 8.92. The molecule has 1 aliphatic heterocycles. The quantitative estimate of drug-likeness (QED) is 0.576. The largest absolute Gasteiger partial charge is 0.477 e. The monoisotopic (exact) mass is 409 g/mol. The van der Waals surface area contributed by atoms with Crippen molar-refractivity contribution >= 4 is 29.1 Å². The molecule has 1 aromatic heterocycles. The highest BCUT2D eigenvalue weighted by molar-refractivity contribution is 6.31. The minimum absolute atomic E-state index is 0.0603. The van der Waals surface area contributed by atoms with Gasteiger partial charge in [0.15, 0.2) is 0 Å². The lowest BCUT2D eigenvalue weighted by molar-refractivity contribution is -0.387. The van der Waals surface area contributed by atoms with Gasteiger partial charge in [0, 0.05) is 30.8 Å². The summed E-state index contributed by atoms with van der Waals surface area (Å²) in [6.07, 6.45) is 2.07. The Balaban J connectivity index is 1.65. The van der Waals surface area contributed by atoms with Crippen molar-refractivity contribution < 1.29 is 18.8 Å². The molecule has 0 aliphatic carbocycles. The summed E-state index contributed by atoms with van der Waals surface area (Å²) in [4.78, 5) is 32.3. The summed E-state index contributed by atoms with van der Waals surface area (Å²) in [7, 11) is 0. The number of halogens is 2. The first-order chi connectivity index (χ1) is 13.4. The third-order valence-corrected chi connectivity index (χ3v) is 4.45. The standard InChI is InChI=1S/C17H17ClFN5O4/c1-2-28-15-12(18)8-20-17(22-15)21-11-5-6-23(9-11)16(25)10-3-4-14(24(26)27)13(19)7-10/h3-4,7-8,11H,2,5-6,9H2,1H3,(H,20,21,22)/t11-/m1/s1. The number of hydrogen-bond donors (Lipinski definition) is 1. The number of carbonyl (C=O) groups excluding carboxylic acids is 1. The molecule has 0 spiro atoms. The van der Waals surface area contributed by atoms with Gasteiger partial charge in [0.25, 0.3) is 5.91 Å². The highest BCUT2D eigenvalue weighted by atomic mass is 35.5. The predicted octanol–water partition coefficient (Wildman–Crippen LogP) is 2.90. The van der Waals surface area contributed by atoms with Crippen LogP contribution in [0.4, 0.5) is 16.0 Å². The van der Waals surface area contributed by atoms with E-state index in [0.717, 1.165) is 12.1 Å². The fraction of sp³-hybridized carbons (Fsp3) is 0.353. The van der Waals surface area contributed by atoms with Crippen molar-refractivity contribution in [2.75, 3.05) is 25.0 Å². The fourth-order valence-electron chi connectivity index (χ4n) is 2.87. The molecule has 9 nitrogen and oxygen atoms in total. The van der Waals surface area contributed by atoms with Gasteiger partial charge in [0.2, 0.25) is 17.6 Å². The lowest BCUT2D eigenvalue weighted by atomic mass is 10.1. The van der Waals surface area contributed by atoms with Gasteiger partial charge in [0.1, 0.15) is 5.02 Å². The molecule has 11 heteroatoms. The Bertz CT molecular complexity index is 913. The maximum Gasteiger partial charge on any atom is 0.304 e. The second kappa shape index (κ2) is 8.34. The summed E-state index contributed by atoms with van der Waals surface area (Å²) < 4.78 is 19.1. The molecule has 3 rings (SSSR count). The smallest absolute Gasteiger partial charge is 0.304 e. The van der Waals surface area contributed by atoms with Gasteiger partial charge >= 0.3 is 5.69 Å². The van der Waals surface area contributed by atoms with Crippen LogP contribution in [0.3, 0.4) is 0 Å². The van der Waals surface area contributed by atoms with Crippen LogP contribution in [0, 0.1) is 15.9 Å². The number of nitro groups is 1. The van der Waals surface area contributed by atoms with Crippen LogP contribution in [0.5, 0.6) is 5.88 Å². The first kappa shape index (κ1) is 19.7. The molecule has 0 radical (unpaired) electrons. The molecule has 2 heterocycles. The van der Waals surface area contributed by atoms with E-state index >= 15 is 0 Å². The zero-order valence-electron chi connectivity index (χ0n) is 14.9. The maximum atomic E-state index is 13.8. The van der Waals surface area contributed by atoms with Crippen molar-refractivity contribution in [2.24, 2.45) is 0 Å². The number of nitrogens with zero attached hydrogens (tertiary/aromatic N) is 4. The van der Waals surface area contributed by atoms with E-state index in [4.69, 9.17) is 16.3 Å². The molecule has 148 valence electrons. The van der Waals surface area contributed by atoms with Gasteiger partial charge in [-0.3, -0.25) is 14.9 Å². The minimum Gasteiger partial charge on any atom is -0.477 e. The Morgan fingerprint density at radius 2 is 2.32 bits per heavy atom. The van der Waals surface area contributed by atoms with Gasteiger partial charge in [-0.2, -0.15) is 9.37 Å². The molecule has 0 unspecified atom stereocenters. The van der Waals surface area contributed by atoms with Crippen LogP contribution < -0.4 is 10.1 Å². The zero-order valence-corrected chi connectivity index (χ0v) is 15.6. The highest BCUT2D eigenvalue weighted by Crippen LogP contribution is 2.24. The average molecular weight is 410 g/mol. The molecule has 1 atom stereocenters. The van der Waals surface area contributed by atoms with E-state index in [1.165, 1.54) is 17.2 Å². The summed E-state index contributed by atoms with van der Waals surface area (Å²) in [6.45, 7) is 3.02. The van der Waals surface area contributed by atoms with E-state index < -0.39 is 22.3 Å². The Morgan fingerprint density at radius 1 is 1.54 bits per heavy atom. The molecule has 1 aliphatic rings. The van der Waals surface area contributed by atoms with Crippen LogP contribution in [0.2, 0.25) is 5.02 Å². The van der Waals surface area contributed by atoms with E-state index in [1.54, 1.807) is 0 Å². The molecular formula is C17H17ClFN5O4. The lowest BCUT2D eigenvalue weighted by Gasteiger charge is -2.17. The Kier molecular flexibility index (Phi) is 5.88. The second-order valence-electron chi connectivity index (χ2n) is 6.08. The maximum absolute atomic E-state index is 13.8. The molecular weight excluding hydrogens is 393 g/mol. The minimum atomic E-state index is -1.04. The summed E-state index contributed by atoms with van der Waals surface area (Å²) in [5.41, 5.74) is -0.604. The molecule has 1 aromatic carbocycles. The summed E-state index contributed by atoms with van der Waals surface area (Å²) in [6, 6.07) is 3.02. The van der Waals surface area contributed by atoms with Gasteiger partial charge in [-0.15, -0.1) is 0 Å².